The van der Waals surface area contributed by atoms with Gasteiger partial charge in [-0.2, -0.15) is 8.70 Å². The summed E-state index contributed by atoms with van der Waals surface area (Å²) >= 11 is 0. The van der Waals surface area contributed by atoms with Crippen LogP contribution in [-0.2, 0) is 10.0 Å². The number of nitro groups is 1. The fraction of sp³-hybridized carbons (Fsp3) is 0.500. The van der Waals surface area contributed by atoms with Crippen LogP contribution in [-0.4, -0.2) is 55.8 Å². The minimum atomic E-state index is -3.83. The Morgan fingerprint density at radius 2 is 2.10 bits per heavy atom. The van der Waals surface area contributed by atoms with Crippen molar-refractivity contribution in [3.05, 3.63) is 34.1 Å². The van der Waals surface area contributed by atoms with Crippen molar-refractivity contribution in [1.82, 2.24) is 9.21 Å². The number of rotatable bonds is 4. The van der Waals surface area contributed by atoms with Crippen LogP contribution in [0.5, 0.6) is 0 Å². The molecule has 0 bridgehead atoms. The number of sulfonamides is 1. The third-order valence-electron chi connectivity index (χ3n) is 3.61. The molecular formula is C12H16FN3O4S. The molecule has 1 saturated heterocycles. The predicted molar refractivity (Wildman–Crippen MR) is 73.9 cm³/mol. The van der Waals surface area contributed by atoms with E-state index in [1.54, 1.807) is 0 Å². The van der Waals surface area contributed by atoms with Gasteiger partial charge in [-0.3, -0.25) is 10.1 Å². The summed E-state index contributed by atoms with van der Waals surface area (Å²) in [4.78, 5) is 11.3. The number of benzene rings is 1. The number of likely N-dealkylation sites (N-methyl/N-ethyl adjacent to an activating group) is 1. The van der Waals surface area contributed by atoms with Crippen LogP contribution in [0.1, 0.15) is 6.42 Å². The second kappa shape index (κ2) is 5.66. The van der Waals surface area contributed by atoms with Gasteiger partial charge in [0.2, 0.25) is 15.8 Å². The van der Waals surface area contributed by atoms with Crippen LogP contribution < -0.4 is 0 Å². The third-order valence-corrected chi connectivity index (χ3v) is 5.47. The number of hydrogen-bond acceptors (Lipinski definition) is 5. The van der Waals surface area contributed by atoms with E-state index in [1.807, 2.05) is 19.0 Å². The Morgan fingerprint density at radius 1 is 1.43 bits per heavy atom. The SMILES string of the molecule is CN(C)C1CCN(S(=O)(=O)c2ccc([N+](=O)[O-])c(F)c2)C1. The molecule has 0 aliphatic carbocycles. The van der Waals surface area contributed by atoms with Gasteiger partial charge >= 0.3 is 5.69 Å². The Morgan fingerprint density at radius 3 is 2.57 bits per heavy atom. The van der Waals surface area contributed by atoms with Crippen LogP contribution >= 0.6 is 0 Å². The molecule has 21 heavy (non-hydrogen) atoms. The van der Waals surface area contributed by atoms with Gasteiger partial charge in [0.1, 0.15) is 0 Å². The van der Waals surface area contributed by atoms with Gasteiger partial charge in [0, 0.05) is 31.3 Å². The first-order valence-corrected chi connectivity index (χ1v) is 7.78. The Bertz CT molecular complexity index is 662. The smallest absolute Gasteiger partial charge is 0.304 e. The second-order valence-electron chi connectivity index (χ2n) is 5.14. The molecular weight excluding hydrogens is 301 g/mol. The van der Waals surface area contributed by atoms with Gasteiger partial charge in [-0.15, -0.1) is 0 Å². The maximum Gasteiger partial charge on any atom is 0.304 e. The topological polar surface area (TPSA) is 83.8 Å². The molecule has 9 heteroatoms. The minimum Gasteiger partial charge on any atom is -0.305 e. The number of halogens is 1. The highest BCUT2D eigenvalue weighted by molar-refractivity contribution is 7.89. The van der Waals surface area contributed by atoms with Crippen LogP contribution in [0.2, 0.25) is 0 Å². The second-order valence-corrected chi connectivity index (χ2v) is 7.08. The Labute approximate surface area is 122 Å². The molecule has 1 aromatic carbocycles. The normalized spacial score (nSPS) is 20.1. The number of nitrogens with zero attached hydrogens (tertiary/aromatic N) is 3. The van der Waals surface area contributed by atoms with E-state index in [2.05, 4.69) is 0 Å². The Balaban J connectivity index is 2.29. The average Bonchev–Trinajstić information content (AvgIpc) is 2.88. The highest BCUT2D eigenvalue weighted by atomic mass is 32.2. The Kier molecular flexibility index (Phi) is 4.26. The lowest BCUT2D eigenvalue weighted by molar-refractivity contribution is -0.387. The largest absolute Gasteiger partial charge is 0.305 e. The molecule has 0 saturated carbocycles. The molecule has 1 aromatic rings. The van der Waals surface area contributed by atoms with E-state index in [9.17, 15) is 22.9 Å². The van der Waals surface area contributed by atoms with E-state index in [-0.39, 0.29) is 10.9 Å². The van der Waals surface area contributed by atoms with Crippen molar-refractivity contribution < 1.29 is 17.7 Å². The summed E-state index contributed by atoms with van der Waals surface area (Å²) in [6, 6.07) is 2.76. The summed E-state index contributed by atoms with van der Waals surface area (Å²) in [7, 11) is -0.0912. The summed E-state index contributed by atoms with van der Waals surface area (Å²) in [5, 5.41) is 10.6. The van der Waals surface area contributed by atoms with Gasteiger partial charge in [-0.25, -0.2) is 8.42 Å². The quantitative estimate of drug-likeness (QED) is 0.612. The number of hydrogen-bond donors (Lipinski definition) is 0. The molecule has 0 aromatic heterocycles. The van der Waals surface area contributed by atoms with Gasteiger partial charge in [0.05, 0.1) is 9.82 Å². The predicted octanol–water partition coefficient (Wildman–Crippen LogP) is 1.06. The van der Waals surface area contributed by atoms with E-state index < -0.39 is 26.5 Å². The summed E-state index contributed by atoms with van der Waals surface area (Å²) in [5.41, 5.74) is -0.735. The van der Waals surface area contributed by atoms with Crippen molar-refractivity contribution >= 4 is 15.7 Å². The molecule has 0 amide bonds. The molecule has 1 heterocycles. The zero-order chi connectivity index (χ0) is 15.8. The lowest BCUT2D eigenvalue weighted by atomic mass is 10.2. The molecule has 1 atom stereocenters. The standard InChI is InChI=1S/C12H16FN3O4S/c1-14(2)9-5-6-15(8-9)21(19,20)10-3-4-12(16(17)18)11(13)7-10/h3-4,7,9H,5-6,8H2,1-2H3. The minimum absolute atomic E-state index is 0.114. The van der Waals surface area contributed by atoms with Gasteiger partial charge < -0.3 is 4.90 Å². The molecule has 116 valence electrons. The monoisotopic (exact) mass is 317 g/mol. The molecule has 7 nitrogen and oxygen atoms in total. The molecule has 0 radical (unpaired) electrons. The summed E-state index contributed by atoms with van der Waals surface area (Å²) < 4.78 is 39.7. The van der Waals surface area contributed by atoms with Crippen LogP contribution in [0.25, 0.3) is 0 Å². The van der Waals surface area contributed by atoms with Crippen molar-refractivity contribution in [2.45, 2.75) is 17.4 Å². The third kappa shape index (κ3) is 3.04. The molecule has 1 unspecified atom stereocenters. The molecule has 0 N–H and O–H groups in total. The van der Waals surface area contributed by atoms with Crippen LogP contribution in [0.15, 0.2) is 23.1 Å². The van der Waals surface area contributed by atoms with E-state index in [0.29, 0.717) is 25.6 Å². The highest BCUT2D eigenvalue weighted by Gasteiger charge is 2.34. The lowest BCUT2D eigenvalue weighted by Crippen LogP contribution is -2.34. The zero-order valence-corrected chi connectivity index (χ0v) is 12.5. The Hall–Kier alpha value is -1.58. The number of nitro benzene ring substituents is 1. The van der Waals surface area contributed by atoms with Gasteiger partial charge in [0.25, 0.3) is 0 Å². The zero-order valence-electron chi connectivity index (χ0n) is 11.7. The fourth-order valence-electron chi connectivity index (χ4n) is 2.30. The van der Waals surface area contributed by atoms with Crippen molar-refractivity contribution in [2.75, 3.05) is 27.2 Å². The van der Waals surface area contributed by atoms with E-state index in [4.69, 9.17) is 0 Å². The maximum atomic E-state index is 13.6. The van der Waals surface area contributed by atoms with Gasteiger partial charge in [-0.05, 0) is 26.6 Å². The maximum absolute atomic E-state index is 13.6. The first kappa shape index (κ1) is 15.8. The lowest BCUT2D eigenvalue weighted by Gasteiger charge is -2.20. The first-order valence-electron chi connectivity index (χ1n) is 6.34. The van der Waals surface area contributed by atoms with Crippen molar-refractivity contribution in [2.24, 2.45) is 0 Å². The van der Waals surface area contributed by atoms with Crippen molar-refractivity contribution in [3.8, 4) is 0 Å². The summed E-state index contributed by atoms with van der Waals surface area (Å²) in [6.45, 7) is 0.678. The van der Waals surface area contributed by atoms with Crippen molar-refractivity contribution in [1.29, 1.82) is 0 Å². The van der Waals surface area contributed by atoms with E-state index >= 15 is 0 Å². The summed E-state index contributed by atoms with van der Waals surface area (Å²) in [6.07, 6.45) is 0.696. The average molecular weight is 317 g/mol. The van der Waals surface area contributed by atoms with Crippen molar-refractivity contribution in [3.63, 3.8) is 0 Å². The molecule has 2 rings (SSSR count). The van der Waals surface area contributed by atoms with Crippen LogP contribution in [0.3, 0.4) is 0 Å². The molecule has 1 aliphatic heterocycles. The first-order chi connectivity index (χ1) is 9.73. The van der Waals surface area contributed by atoms with Crippen LogP contribution in [0, 0.1) is 15.9 Å². The molecule has 1 fully saturated rings. The summed E-state index contributed by atoms with van der Waals surface area (Å²) in [5.74, 6) is -1.15. The van der Waals surface area contributed by atoms with Gasteiger partial charge in [0.15, 0.2) is 0 Å². The fourth-order valence-corrected chi connectivity index (χ4v) is 3.80. The van der Waals surface area contributed by atoms with E-state index in [1.165, 1.54) is 4.31 Å². The van der Waals surface area contributed by atoms with Gasteiger partial charge in [-0.1, -0.05) is 0 Å². The molecule has 1 aliphatic rings. The highest BCUT2D eigenvalue weighted by Crippen LogP contribution is 2.26. The van der Waals surface area contributed by atoms with Crippen LogP contribution in [0.4, 0.5) is 10.1 Å². The van der Waals surface area contributed by atoms with E-state index in [0.717, 1.165) is 12.1 Å². The molecule has 0 spiro atoms.